The summed E-state index contributed by atoms with van der Waals surface area (Å²) in [7, 11) is -0.567. The fourth-order valence-corrected chi connectivity index (χ4v) is 5.81. The van der Waals surface area contributed by atoms with Crippen LogP contribution in [0.2, 0.25) is 0 Å². The lowest BCUT2D eigenvalue weighted by Crippen LogP contribution is -2.59. The Labute approximate surface area is 208 Å². The molecule has 0 unspecified atom stereocenters. The molecule has 0 radical (unpaired) electrons. The third-order valence-electron chi connectivity index (χ3n) is 7.28. The van der Waals surface area contributed by atoms with Crippen molar-refractivity contribution in [2.75, 3.05) is 57.3 Å². The van der Waals surface area contributed by atoms with Gasteiger partial charge in [-0.3, -0.25) is 9.58 Å². The van der Waals surface area contributed by atoms with Crippen molar-refractivity contribution in [1.29, 1.82) is 5.26 Å². The summed E-state index contributed by atoms with van der Waals surface area (Å²) in [4.78, 5) is 11.7. The van der Waals surface area contributed by atoms with E-state index in [2.05, 4.69) is 57.3 Å². The van der Waals surface area contributed by atoms with Crippen LogP contribution in [0.15, 0.2) is 31.0 Å². The molecule has 3 aromatic heterocycles. The van der Waals surface area contributed by atoms with Crippen molar-refractivity contribution < 1.29 is 4.74 Å². The number of nitrogens with one attached hydrogen (secondary N) is 1. The number of ether oxygens (including phenoxy) is 1. The molecule has 35 heavy (non-hydrogen) atoms. The van der Waals surface area contributed by atoms with Gasteiger partial charge in [0.1, 0.15) is 18.7 Å². The number of hydrogen-bond donors (Lipinski definition) is 1. The summed E-state index contributed by atoms with van der Waals surface area (Å²) >= 11 is 0. The standard InChI is InChI=1S/C25H36N8OS/c1-35(2,3)13-12-34-19-32-9-4-22-23(28-18-29-24(22)32)20-16-30-33(17-20)25(5-6-26)14-21(15-25)31-10-7-27-8-11-31/h4,9,16-18,21,27H,5,7-8,10-15,19H2,1-3H3. The van der Waals surface area contributed by atoms with E-state index in [1.807, 2.05) is 21.6 Å². The molecule has 1 saturated heterocycles. The van der Waals surface area contributed by atoms with Crippen LogP contribution in [0.4, 0.5) is 0 Å². The summed E-state index contributed by atoms with van der Waals surface area (Å²) in [5, 5.41) is 18.7. The van der Waals surface area contributed by atoms with E-state index in [0.29, 0.717) is 19.2 Å². The zero-order valence-corrected chi connectivity index (χ0v) is 21.8. The molecule has 3 aromatic rings. The fraction of sp³-hybridized carbons (Fsp3) is 0.600. The van der Waals surface area contributed by atoms with Crippen LogP contribution >= 0.6 is 10.0 Å². The van der Waals surface area contributed by atoms with Gasteiger partial charge >= 0.3 is 0 Å². The Morgan fingerprint density at radius 2 is 2.03 bits per heavy atom. The van der Waals surface area contributed by atoms with Gasteiger partial charge in [0.25, 0.3) is 0 Å². The van der Waals surface area contributed by atoms with E-state index in [1.54, 1.807) is 6.33 Å². The van der Waals surface area contributed by atoms with E-state index in [0.717, 1.165) is 73.7 Å². The van der Waals surface area contributed by atoms with Crippen LogP contribution in [0.3, 0.4) is 0 Å². The summed E-state index contributed by atoms with van der Waals surface area (Å²) < 4.78 is 9.99. The van der Waals surface area contributed by atoms with E-state index >= 15 is 0 Å². The molecule has 0 amide bonds. The molecule has 1 aliphatic carbocycles. The van der Waals surface area contributed by atoms with Crippen LogP contribution in [-0.4, -0.2) is 92.6 Å². The highest BCUT2D eigenvalue weighted by Gasteiger charge is 2.48. The molecule has 1 saturated carbocycles. The minimum absolute atomic E-state index is 0.233. The predicted octanol–water partition coefficient (Wildman–Crippen LogP) is 2.64. The molecule has 1 aliphatic heterocycles. The van der Waals surface area contributed by atoms with Crippen LogP contribution < -0.4 is 5.32 Å². The number of fused-ring (bicyclic) bond motifs is 1. The predicted molar refractivity (Wildman–Crippen MR) is 141 cm³/mol. The Morgan fingerprint density at radius 3 is 2.77 bits per heavy atom. The minimum atomic E-state index is -0.567. The first kappa shape index (κ1) is 24.3. The van der Waals surface area contributed by atoms with E-state index in [1.165, 1.54) is 0 Å². The first-order valence-corrected chi connectivity index (χ1v) is 15.3. The van der Waals surface area contributed by atoms with E-state index in [4.69, 9.17) is 9.84 Å². The monoisotopic (exact) mass is 496 g/mol. The second-order valence-corrected chi connectivity index (χ2v) is 15.2. The number of nitriles is 1. The quantitative estimate of drug-likeness (QED) is 0.455. The van der Waals surface area contributed by atoms with E-state index < -0.39 is 10.0 Å². The summed E-state index contributed by atoms with van der Waals surface area (Å²) in [6.45, 7) is 5.47. The molecule has 5 rings (SSSR count). The van der Waals surface area contributed by atoms with Gasteiger partial charge in [0, 0.05) is 61.3 Å². The lowest BCUT2D eigenvalue weighted by molar-refractivity contribution is -0.00108. The lowest BCUT2D eigenvalue weighted by atomic mass is 9.70. The molecular weight excluding hydrogens is 460 g/mol. The largest absolute Gasteiger partial charge is 0.360 e. The maximum Gasteiger partial charge on any atom is 0.145 e. The van der Waals surface area contributed by atoms with Crippen molar-refractivity contribution in [2.24, 2.45) is 0 Å². The van der Waals surface area contributed by atoms with Gasteiger partial charge in [-0.05, 0) is 37.7 Å². The Hall–Kier alpha value is -2.45. The highest BCUT2D eigenvalue weighted by Crippen LogP contribution is 2.45. The van der Waals surface area contributed by atoms with E-state index in [9.17, 15) is 5.26 Å². The van der Waals surface area contributed by atoms with Gasteiger partial charge in [0.2, 0.25) is 0 Å². The van der Waals surface area contributed by atoms with Crippen LogP contribution in [-0.2, 0) is 17.0 Å². The fourth-order valence-electron chi connectivity index (χ4n) is 5.20. The van der Waals surface area contributed by atoms with Gasteiger partial charge in [-0.1, -0.05) is 0 Å². The van der Waals surface area contributed by atoms with Gasteiger partial charge in [-0.2, -0.15) is 10.4 Å². The average Bonchev–Trinajstić information content (AvgIpc) is 3.47. The maximum atomic E-state index is 9.58. The van der Waals surface area contributed by atoms with Crippen LogP contribution in [0.1, 0.15) is 19.3 Å². The SMILES string of the molecule is CS(C)(C)CCOCn1ccc2c(-c3cnn(C4(CC#N)CC(N5CCNCC5)C4)c3)ncnc21. The van der Waals surface area contributed by atoms with Crippen molar-refractivity contribution in [3.63, 3.8) is 0 Å². The van der Waals surface area contributed by atoms with Crippen molar-refractivity contribution in [1.82, 2.24) is 34.5 Å². The van der Waals surface area contributed by atoms with E-state index in [-0.39, 0.29) is 5.54 Å². The molecule has 2 fully saturated rings. The van der Waals surface area contributed by atoms with Gasteiger partial charge in [-0.15, -0.1) is 0 Å². The van der Waals surface area contributed by atoms with Crippen molar-refractivity contribution in [3.8, 4) is 17.3 Å². The number of aromatic nitrogens is 5. The topological polar surface area (TPSA) is 96.8 Å². The summed E-state index contributed by atoms with van der Waals surface area (Å²) in [5.41, 5.74) is 2.45. The summed E-state index contributed by atoms with van der Waals surface area (Å²) in [6, 6.07) is 4.99. The number of rotatable bonds is 9. The highest BCUT2D eigenvalue weighted by atomic mass is 32.3. The van der Waals surface area contributed by atoms with Crippen molar-refractivity contribution in [3.05, 3.63) is 31.0 Å². The molecule has 9 nitrogen and oxygen atoms in total. The van der Waals surface area contributed by atoms with Crippen LogP contribution in [0.5, 0.6) is 0 Å². The van der Waals surface area contributed by atoms with Gasteiger partial charge in [0.15, 0.2) is 0 Å². The number of hydrogen-bond acceptors (Lipinski definition) is 7. The molecule has 2 aliphatic rings. The van der Waals surface area contributed by atoms with Gasteiger partial charge in [0.05, 0.1) is 36.5 Å². The van der Waals surface area contributed by atoms with Crippen LogP contribution in [0, 0.1) is 11.3 Å². The Balaban J connectivity index is 1.32. The second kappa shape index (κ2) is 9.90. The number of piperazine rings is 1. The highest BCUT2D eigenvalue weighted by molar-refractivity contribution is 8.32. The molecule has 188 valence electrons. The summed E-state index contributed by atoms with van der Waals surface area (Å²) in [6.07, 6.45) is 16.9. The number of nitrogens with zero attached hydrogens (tertiary/aromatic N) is 7. The minimum Gasteiger partial charge on any atom is -0.360 e. The molecule has 10 heteroatoms. The molecule has 1 N–H and O–H groups in total. The Morgan fingerprint density at radius 1 is 1.23 bits per heavy atom. The molecule has 0 bridgehead atoms. The second-order valence-electron chi connectivity index (χ2n) is 10.7. The third kappa shape index (κ3) is 5.09. The zero-order chi connectivity index (χ0) is 24.5. The Bertz CT molecular complexity index is 1190. The zero-order valence-electron chi connectivity index (χ0n) is 21.0. The smallest absolute Gasteiger partial charge is 0.145 e. The lowest BCUT2D eigenvalue weighted by Gasteiger charge is -2.51. The Kier molecular flexibility index (Phi) is 6.86. The normalized spacial score (nSPS) is 23.8. The van der Waals surface area contributed by atoms with Crippen molar-refractivity contribution >= 4 is 21.1 Å². The van der Waals surface area contributed by atoms with Gasteiger partial charge in [-0.25, -0.2) is 20.0 Å². The third-order valence-corrected chi connectivity index (χ3v) is 8.67. The molecule has 0 spiro atoms. The summed E-state index contributed by atoms with van der Waals surface area (Å²) in [5.74, 6) is 1.09. The molecule has 0 aromatic carbocycles. The van der Waals surface area contributed by atoms with Crippen LogP contribution in [0.25, 0.3) is 22.3 Å². The maximum absolute atomic E-state index is 9.58. The first-order valence-electron chi connectivity index (χ1n) is 12.3. The average molecular weight is 497 g/mol. The van der Waals surface area contributed by atoms with Gasteiger partial charge < -0.3 is 14.6 Å². The van der Waals surface area contributed by atoms with Crippen molar-refractivity contribution in [2.45, 2.75) is 37.6 Å². The molecule has 4 heterocycles. The first-order chi connectivity index (χ1) is 16.9. The molecular formula is C25H36N8OS. The molecule has 0 atom stereocenters.